The molecule has 36 heavy (non-hydrogen) atoms. The molecule has 0 unspecified atom stereocenters. The van der Waals surface area contributed by atoms with E-state index >= 15 is 0 Å². The number of carbonyl (C=O) groups excluding carboxylic acids is 1. The van der Waals surface area contributed by atoms with Gasteiger partial charge in [0.1, 0.15) is 17.9 Å². The summed E-state index contributed by atoms with van der Waals surface area (Å²) in [5.74, 6) is -0.700. The summed E-state index contributed by atoms with van der Waals surface area (Å²) in [6.45, 7) is 7.95. The van der Waals surface area contributed by atoms with Gasteiger partial charge in [0.05, 0.1) is 16.9 Å². The molecule has 0 atom stereocenters. The van der Waals surface area contributed by atoms with Crippen LogP contribution in [0, 0.1) is 13.8 Å². The number of halogens is 3. The van der Waals surface area contributed by atoms with E-state index in [1.807, 2.05) is 76.2 Å². The number of alkyl halides is 3. The highest BCUT2D eigenvalue weighted by molar-refractivity contribution is 5.98. The molecule has 3 aromatic carbocycles. The highest BCUT2D eigenvalue weighted by atomic mass is 19.4. The van der Waals surface area contributed by atoms with Gasteiger partial charge in [-0.25, -0.2) is 9.48 Å². The first-order chi connectivity index (χ1) is 17.1. The number of hydrogen-bond acceptors (Lipinski definition) is 3. The Balaban J connectivity index is 1.86. The van der Waals surface area contributed by atoms with Crippen molar-refractivity contribution in [1.82, 2.24) is 9.78 Å². The molecule has 7 heteroatoms. The quantitative estimate of drug-likeness (QED) is 0.260. The van der Waals surface area contributed by atoms with E-state index in [1.54, 1.807) is 4.68 Å². The molecule has 186 valence electrons. The lowest BCUT2D eigenvalue weighted by Crippen LogP contribution is -2.12. The van der Waals surface area contributed by atoms with E-state index < -0.39 is 17.7 Å². The van der Waals surface area contributed by atoms with E-state index in [0.717, 1.165) is 34.5 Å². The number of rotatable bonds is 6. The van der Waals surface area contributed by atoms with E-state index in [0.29, 0.717) is 11.3 Å². The molecule has 0 fully saturated rings. The average molecular weight is 493 g/mol. The van der Waals surface area contributed by atoms with Crippen LogP contribution in [0.15, 0.2) is 72.8 Å². The van der Waals surface area contributed by atoms with Gasteiger partial charge >= 0.3 is 12.1 Å². The fourth-order valence-corrected chi connectivity index (χ4v) is 4.03. The molecule has 1 heterocycles. The zero-order chi connectivity index (χ0) is 26.0. The highest BCUT2D eigenvalue weighted by Crippen LogP contribution is 2.35. The molecule has 0 saturated heterocycles. The largest absolute Gasteiger partial charge is 0.457 e. The number of aromatic nitrogens is 2. The zero-order valence-electron chi connectivity index (χ0n) is 20.6. The monoisotopic (exact) mass is 492 g/mol. The SMILES string of the molecule is Cc1ccc(-n2nc(-c3ccc(C(F)(F)F)cc3)c(C(=O)OCc3ccccc3)c2C(C)C)cc1C. The Morgan fingerprint density at radius 2 is 1.61 bits per heavy atom. The Hall–Kier alpha value is -3.87. The minimum atomic E-state index is -4.46. The third kappa shape index (κ3) is 5.20. The fraction of sp³-hybridized carbons (Fsp3) is 0.241. The Bertz CT molecular complexity index is 1370. The van der Waals surface area contributed by atoms with Gasteiger partial charge in [0.2, 0.25) is 0 Å². The molecule has 0 N–H and O–H groups in total. The lowest BCUT2D eigenvalue weighted by molar-refractivity contribution is -0.137. The van der Waals surface area contributed by atoms with Crippen LogP contribution in [0.1, 0.15) is 58.1 Å². The highest BCUT2D eigenvalue weighted by Gasteiger charge is 2.32. The van der Waals surface area contributed by atoms with Crippen LogP contribution in [0.4, 0.5) is 13.2 Å². The van der Waals surface area contributed by atoms with Crippen molar-refractivity contribution in [2.24, 2.45) is 0 Å². The van der Waals surface area contributed by atoms with Crippen molar-refractivity contribution in [3.63, 3.8) is 0 Å². The van der Waals surface area contributed by atoms with Gasteiger partial charge in [-0.2, -0.15) is 18.3 Å². The summed E-state index contributed by atoms with van der Waals surface area (Å²) >= 11 is 0. The van der Waals surface area contributed by atoms with Crippen molar-refractivity contribution in [1.29, 1.82) is 0 Å². The molecule has 0 aliphatic heterocycles. The first-order valence-electron chi connectivity index (χ1n) is 11.7. The van der Waals surface area contributed by atoms with Crippen molar-refractivity contribution >= 4 is 5.97 Å². The van der Waals surface area contributed by atoms with Gasteiger partial charge in [-0.3, -0.25) is 0 Å². The van der Waals surface area contributed by atoms with Gasteiger partial charge in [0.25, 0.3) is 0 Å². The maximum Gasteiger partial charge on any atom is 0.416 e. The molecular weight excluding hydrogens is 465 g/mol. The summed E-state index contributed by atoms with van der Waals surface area (Å²) in [6, 6.07) is 19.8. The Morgan fingerprint density at radius 3 is 2.19 bits per heavy atom. The van der Waals surface area contributed by atoms with Crippen molar-refractivity contribution in [3.8, 4) is 16.9 Å². The molecule has 4 rings (SSSR count). The lowest BCUT2D eigenvalue weighted by Gasteiger charge is -2.14. The molecule has 4 nitrogen and oxygen atoms in total. The fourth-order valence-electron chi connectivity index (χ4n) is 4.03. The third-order valence-corrected chi connectivity index (χ3v) is 6.11. The molecule has 0 radical (unpaired) electrons. The summed E-state index contributed by atoms with van der Waals surface area (Å²) in [6.07, 6.45) is -4.46. The molecule has 0 spiro atoms. The average Bonchev–Trinajstić information content (AvgIpc) is 3.25. The Kier molecular flexibility index (Phi) is 7.02. The van der Waals surface area contributed by atoms with E-state index in [-0.39, 0.29) is 23.8 Å². The first kappa shape index (κ1) is 25.2. The van der Waals surface area contributed by atoms with Crippen molar-refractivity contribution in [3.05, 3.63) is 106 Å². The number of esters is 1. The standard InChI is InChI=1S/C29H27F3N2O2/c1-18(2)27-25(28(35)36-17-21-8-6-5-7-9-21)26(22-11-13-23(14-12-22)29(30,31)32)33-34(27)24-15-10-19(3)20(4)16-24/h5-16,18H,17H2,1-4H3. The minimum Gasteiger partial charge on any atom is -0.457 e. The van der Waals surface area contributed by atoms with Crippen LogP contribution in [-0.2, 0) is 17.5 Å². The number of hydrogen-bond donors (Lipinski definition) is 0. The van der Waals surface area contributed by atoms with Gasteiger partial charge in [0, 0.05) is 5.56 Å². The van der Waals surface area contributed by atoms with E-state index in [1.165, 1.54) is 12.1 Å². The summed E-state index contributed by atoms with van der Waals surface area (Å²) in [7, 11) is 0. The van der Waals surface area contributed by atoms with Crippen LogP contribution in [0.25, 0.3) is 16.9 Å². The molecule has 0 aliphatic carbocycles. The number of nitrogens with zero attached hydrogens (tertiary/aromatic N) is 2. The number of carbonyl (C=O) groups is 1. The van der Waals surface area contributed by atoms with Crippen LogP contribution in [0.3, 0.4) is 0 Å². The second kappa shape index (κ2) is 10.0. The Morgan fingerprint density at radius 1 is 0.944 bits per heavy atom. The van der Waals surface area contributed by atoms with Crippen molar-refractivity contribution < 1.29 is 22.7 Å². The predicted molar refractivity (Wildman–Crippen MR) is 133 cm³/mol. The van der Waals surface area contributed by atoms with Crippen LogP contribution in [-0.4, -0.2) is 15.7 Å². The van der Waals surface area contributed by atoms with E-state index in [9.17, 15) is 18.0 Å². The Labute approximate surface area is 208 Å². The zero-order valence-corrected chi connectivity index (χ0v) is 20.6. The molecule has 1 aromatic heterocycles. The van der Waals surface area contributed by atoms with Crippen LogP contribution in [0.2, 0.25) is 0 Å². The second-order valence-electron chi connectivity index (χ2n) is 9.08. The number of ether oxygens (including phenoxy) is 1. The van der Waals surface area contributed by atoms with Crippen LogP contribution in [0.5, 0.6) is 0 Å². The van der Waals surface area contributed by atoms with Crippen molar-refractivity contribution in [2.45, 2.75) is 46.4 Å². The van der Waals surface area contributed by atoms with E-state index in [4.69, 9.17) is 9.84 Å². The molecular formula is C29H27F3N2O2. The minimum absolute atomic E-state index is 0.0679. The smallest absolute Gasteiger partial charge is 0.416 e. The van der Waals surface area contributed by atoms with Gasteiger partial charge < -0.3 is 4.74 Å². The second-order valence-corrected chi connectivity index (χ2v) is 9.08. The third-order valence-electron chi connectivity index (χ3n) is 6.11. The van der Waals surface area contributed by atoms with Gasteiger partial charge in [-0.15, -0.1) is 0 Å². The summed E-state index contributed by atoms with van der Waals surface area (Å²) in [4.78, 5) is 13.5. The number of benzene rings is 3. The van der Waals surface area contributed by atoms with E-state index in [2.05, 4.69) is 0 Å². The topological polar surface area (TPSA) is 44.1 Å². The summed E-state index contributed by atoms with van der Waals surface area (Å²) in [5, 5.41) is 4.75. The molecule has 0 aliphatic rings. The maximum absolute atomic E-state index is 13.5. The molecule has 0 amide bonds. The predicted octanol–water partition coefficient (Wildman–Crippen LogP) is 7.66. The summed E-state index contributed by atoms with van der Waals surface area (Å²) < 4.78 is 46.9. The number of aryl methyl sites for hydroxylation is 2. The van der Waals surface area contributed by atoms with Gasteiger partial charge in [-0.05, 0) is 60.7 Å². The van der Waals surface area contributed by atoms with Crippen LogP contribution >= 0.6 is 0 Å². The molecule has 0 saturated carbocycles. The molecule has 0 bridgehead atoms. The summed E-state index contributed by atoms with van der Waals surface area (Å²) in [5.41, 5.74) is 4.56. The molecule has 4 aromatic rings. The normalized spacial score (nSPS) is 11.7. The van der Waals surface area contributed by atoms with Gasteiger partial charge in [0.15, 0.2) is 0 Å². The van der Waals surface area contributed by atoms with Gasteiger partial charge in [-0.1, -0.05) is 62.4 Å². The van der Waals surface area contributed by atoms with Crippen LogP contribution < -0.4 is 0 Å². The maximum atomic E-state index is 13.5. The van der Waals surface area contributed by atoms with Crippen molar-refractivity contribution in [2.75, 3.05) is 0 Å². The lowest BCUT2D eigenvalue weighted by atomic mass is 9.99. The first-order valence-corrected chi connectivity index (χ1v) is 11.7.